The number of nitrogens with zero attached hydrogens (tertiary/aromatic N) is 1. The number of rotatable bonds is 8. The number of hydrogen-bond acceptors (Lipinski definition) is 2. The zero-order chi connectivity index (χ0) is 14.8. The minimum Gasteiger partial charge on any atom is -0.334 e. The number of carbonyl (C=O) groups excluding carboxylic acids is 2. The first kappa shape index (κ1) is 16.2. The van der Waals surface area contributed by atoms with E-state index in [4.69, 9.17) is 0 Å². The van der Waals surface area contributed by atoms with Crippen molar-refractivity contribution in [2.45, 2.75) is 33.2 Å². The Morgan fingerprint density at radius 2 is 1.95 bits per heavy atom. The third kappa shape index (κ3) is 6.32. The molecule has 20 heavy (non-hydrogen) atoms. The van der Waals surface area contributed by atoms with E-state index in [0.29, 0.717) is 25.4 Å². The molecule has 3 heteroatoms. The maximum absolute atomic E-state index is 12.2. The van der Waals surface area contributed by atoms with Crippen LogP contribution in [0.25, 0.3) is 0 Å². The van der Waals surface area contributed by atoms with Crippen molar-refractivity contribution in [1.82, 2.24) is 4.90 Å². The SMILES string of the molecule is CC(C)C/C=C/C(=O)N(CCC=O)Cc1ccccc1. The van der Waals surface area contributed by atoms with Gasteiger partial charge >= 0.3 is 0 Å². The first-order valence-corrected chi connectivity index (χ1v) is 7.06. The van der Waals surface area contributed by atoms with E-state index >= 15 is 0 Å². The second-order valence-electron chi connectivity index (χ2n) is 5.23. The van der Waals surface area contributed by atoms with E-state index in [1.54, 1.807) is 11.0 Å². The lowest BCUT2D eigenvalue weighted by Crippen LogP contribution is -2.30. The van der Waals surface area contributed by atoms with Crippen LogP contribution in [0, 0.1) is 5.92 Å². The van der Waals surface area contributed by atoms with E-state index in [2.05, 4.69) is 13.8 Å². The molecular formula is C17H23NO2. The van der Waals surface area contributed by atoms with Gasteiger partial charge in [0.05, 0.1) is 0 Å². The first-order valence-electron chi connectivity index (χ1n) is 7.06. The van der Waals surface area contributed by atoms with E-state index in [1.807, 2.05) is 36.4 Å². The van der Waals surface area contributed by atoms with Gasteiger partial charge in [-0.1, -0.05) is 50.3 Å². The van der Waals surface area contributed by atoms with Crippen molar-refractivity contribution in [3.8, 4) is 0 Å². The van der Waals surface area contributed by atoms with Gasteiger partial charge in [0, 0.05) is 19.5 Å². The Morgan fingerprint density at radius 3 is 2.55 bits per heavy atom. The van der Waals surface area contributed by atoms with Gasteiger partial charge in [-0.05, 0) is 24.0 Å². The van der Waals surface area contributed by atoms with Gasteiger partial charge in [0.2, 0.25) is 5.91 Å². The molecule has 1 rings (SSSR count). The molecule has 1 aromatic carbocycles. The molecule has 0 aliphatic rings. The van der Waals surface area contributed by atoms with Gasteiger partial charge in [-0.3, -0.25) is 4.79 Å². The molecule has 0 spiro atoms. The van der Waals surface area contributed by atoms with Crippen LogP contribution in [0.2, 0.25) is 0 Å². The zero-order valence-corrected chi connectivity index (χ0v) is 12.3. The molecule has 0 heterocycles. The molecule has 0 saturated heterocycles. The van der Waals surface area contributed by atoms with Gasteiger partial charge in [-0.25, -0.2) is 0 Å². The first-order chi connectivity index (χ1) is 9.63. The van der Waals surface area contributed by atoms with E-state index in [1.165, 1.54) is 0 Å². The summed E-state index contributed by atoms with van der Waals surface area (Å²) in [6.45, 7) is 5.23. The lowest BCUT2D eigenvalue weighted by Gasteiger charge is -2.20. The molecule has 108 valence electrons. The van der Waals surface area contributed by atoms with Crippen LogP contribution < -0.4 is 0 Å². The largest absolute Gasteiger partial charge is 0.334 e. The van der Waals surface area contributed by atoms with E-state index in [0.717, 1.165) is 18.3 Å². The third-order valence-electron chi connectivity index (χ3n) is 2.91. The lowest BCUT2D eigenvalue weighted by molar-refractivity contribution is -0.126. The standard InChI is InChI=1S/C17H23NO2/c1-15(2)8-6-11-17(20)18(12-7-13-19)14-16-9-4-3-5-10-16/h3-6,9-11,13,15H,7-8,12,14H2,1-2H3/b11-6+. The maximum Gasteiger partial charge on any atom is 0.246 e. The summed E-state index contributed by atoms with van der Waals surface area (Å²) >= 11 is 0. The third-order valence-corrected chi connectivity index (χ3v) is 2.91. The second kappa shape index (κ2) is 9.08. The summed E-state index contributed by atoms with van der Waals surface area (Å²) in [4.78, 5) is 24.4. The summed E-state index contributed by atoms with van der Waals surface area (Å²) in [5.41, 5.74) is 1.07. The van der Waals surface area contributed by atoms with Gasteiger partial charge in [0.1, 0.15) is 6.29 Å². The number of hydrogen-bond donors (Lipinski definition) is 0. The molecular weight excluding hydrogens is 250 g/mol. The highest BCUT2D eigenvalue weighted by molar-refractivity contribution is 5.87. The van der Waals surface area contributed by atoms with Crippen LogP contribution in [-0.2, 0) is 16.1 Å². The second-order valence-corrected chi connectivity index (χ2v) is 5.23. The van der Waals surface area contributed by atoms with Crippen molar-refractivity contribution in [3.05, 3.63) is 48.0 Å². The van der Waals surface area contributed by atoms with Crippen molar-refractivity contribution in [3.63, 3.8) is 0 Å². The predicted octanol–water partition coefficient (Wildman–Crippen LogP) is 3.21. The topological polar surface area (TPSA) is 37.4 Å². The Kier molecular flexibility index (Phi) is 7.33. The van der Waals surface area contributed by atoms with Crippen LogP contribution in [0.15, 0.2) is 42.5 Å². The minimum absolute atomic E-state index is 0.0312. The van der Waals surface area contributed by atoms with Crippen molar-refractivity contribution in [2.75, 3.05) is 6.54 Å². The van der Waals surface area contributed by atoms with Crippen molar-refractivity contribution < 1.29 is 9.59 Å². The van der Waals surface area contributed by atoms with E-state index in [-0.39, 0.29) is 5.91 Å². The molecule has 1 aromatic rings. The van der Waals surface area contributed by atoms with Crippen LogP contribution in [0.4, 0.5) is 0 Å². The van der Waals surface area contributed by atoms with Crippen LogP contribution in [0.3, 0.4) is 0 Å². The van der Waals surface area contributed by atoms with Crippen molar-refractivity contribution in [2.24, 2.45) is 5.92 Å². The summed E-state index contributed by atoms with van der Waals surface area (Å²) in [5.74, 6) is 0.507. The molecule has 0 aromatic heterocycles. The zero-order valence-electron chi connectivity index (χ0n) is 12.3. The van der Waals surface area contributed by atoms with Gasteiger partial charge in [0.15, 0.2) is 0 Å². The highest BCUT2D eigenvalue weighted by atomic mass is 16.2. The van der Waals surface area contributed by atoms with Crippen LogP contribution in [-0.4, -0.2) is 23.6 Å². The molecule has 0 fully saturated rings. The molecule has 0 unspecified atom stereocenters. The number of aldehydes is 1. The molecule has 0 aliphatic carbocycles. The minimum atomic E-state index is -0.0312. The van der Waals surface area contributed by atoms with Gasteiger partial charge < -0.3 is 9.69 Å². The Bertz CT molecular complexity index is 438. The highest BCUT2D eigenvalue weighted by Crippen LogP contribution is 2.07. The van der Waals surface area contributed by atoms with Crippen molar-refractivity contribution in [1.29, 1.82) is 0 Å². The fraction of sp³-hybridized carbons (Fsp3) is 0.412. The quantitative estimate of drug-likeness (QED) is 0.539. The summed E-state index contributed by atoms with van der Waals surface area (Å²) < 4.78 is 0. The molecule has 0 bridgehead atoms. The fourth-order valence-corrected chi connectivity index (χ4v) is 1.83. The molecule has 1 amide bonds. The van der Waals surface area contributed by atoms with Gasteiger partial charge in [0.25, 0.3) is 0 Å². The van der Waals surface area contributed by atoms with Crippen LogP contribution in [0.5, 0.6) is 0 Å². The Morgan fingerprint density at radius 1 is 1.25 bits per heavy atom. The number of amides is 1. The van der Waals surface area contributed by atoms with Gasteiger partial charge in [-0.15, -0.1) is 0 Å². The van der Waals surface area contributed by atoms with Gasteiger partial charge in [-0.2, -0.15) is 0 Å². The van der Waals surface area contributed by atoms with E-state index < -0.39 is 0 Å². The van der Waals surface area contributed by atoms with Crippen LogP contribution in [0.1, 0.15) is 32.3 Å². The summed E-state index contributed by atoms with van der Waals surface area (Å²) in [7, 11) is 0. The Hall–Kier alpha value is -1.90. The molecule has 0 N–H and O–H groups in total. The Balaban J connectivity index is 2.65. The summed E-state index contributed by atoms with van der Waals surface area (Å²) in [6, 6.07) is 9.82. The molecule has 0 aliphatic heterocycles. The number of benzene rings is 1. The summed E-state index contributed by atoms with van der Waals surface area (Å²) in [6.07, 6.45) is 5.64. The normalized spacial score (nSPS) is 10.9. The number of carbonyl (C=O) groups is 2. The van der Waals surface area contributed by atoms with E-state index in [9.17, 15) is 9.59 Å². The lowest BCUT2D eigenvalue weighted by atomic mass is 10.1. The smallest absolute Gasteiger partial charge is 0.246 e. The molecule has 0 atom stereocenters. The fourth-order valence-electron chi connectivity index (χ4n) is 1.83. The summed E-state index contributed by atoms with van der Waals surface area (Å²) in [5, 5.41) is 0. The number of allylic oxidation sites excluding steroid dienone is 1. The maximum atomic E-state index is 12.2. The van der Waals surface area contributed by atoms with Crippen molar-refractivity contribution >= 4 is 12.2 Å². The molecule has 0 saturated carbocycles. The Labute approximate surface area is 121 Å². The highest BCUT2D eigenvalue weighted by Gasteiger charge is 2.10. The average molecular weight is 273 g/mol. The monoisotopic (exact) mass is 273 g/mol. The molecule has 0 radical (unpaired) electrons. The average Bonchev–Trinajstić information content (AvgIpc) is 2.44. The van der Waals surface area contributed by atoms with Crippen LogP contribution >= 0.6 is 0 Å². The predicted molar refractivity (Wildman–Crippen MR) is 81.1 cm³/mol. The molecule has 3 nitrogen and oxygen atoms in total.